The highest BCUT2D eigenvalue weighted by Gasteiger charge is 2.27. The Morgan fingerprint density at radius 3 is 2.18 bits per heavy atom. The van der Waals surface area contributed by atoms with E-state index in [2.05, 4.69) is 5.32 Å². The van der Waals surface area contributed by atoms with Crippen molar-refractivity contribution in [2.24, 2.45) is 0 Å². The van der Waals surface area contributed by atoms with Crippen molar-refractivity contribution in [3.8, 4) is 0 Å². The Balaban J connectivity index is 1.88. The molecule has 1 aliphatic heterocycles. The monoisotopic (exact) mass is 313 g/mol. The van der Waals surface area contributed by atoms with Crippen molar-refractivity contribution < 1.29 is 15.0 Å². The molecule has 0 spiro atoms. The number of aliphatic hydroxyl groups is 2. The van der Waals surface area contributed by atoms with Crippen LogP contribution in [0.1, 0.15) is 84.0 Å². The summed E-state index contributed by atoms with van der Waals surface area (Å²) in [6.45, 7) is 1.70. The molecule has 0 aliphatic carbocycles. The molecule has 4 nitrogen and oxygen atoms in total. The number of carbonyl (C=O) groups is 1. The van der Waals surface area contributed by atoms with E-state index in [0.29, 0.717) is 11.8 Å². The van der Waals surface area contributed by atoms with E-state index in [1.807, 2.05) is 0 Å². The van der Waals surface area contributed by atoms with Crippen molar-refractivity contribution in [3.63, 3.8) is 0 Å². The molecule has 0 radical (unpaired) electrons. The second-order valence-corrected chi connectivity index (χ2v) is 6.87. The van der Waals surface area contributed by atoms with Crippen molar-refractivity contribution in [2.45, 2.75) is 102 Å². The number of hydrogen-bond acceptors (Lipinski definition) is 4. The van der Waals surface area contributed by atoms with Gasteiger partial charge in [0.2, 0.25) is 0 Å². The lowest BCUT2D eigenvalue weighted by atomic mass is 9.93. The molecule has 1 aliphatic rings. The number of unbranched alkanes of at least 4 members (excludes halogenated alkanes) is 7. The van der Waals surface area contributed by atoms with E-state index in [1.54, 1.807) is 6.92 Å². The number of carbonyl (C=O) groups excluding carboxylic acids is 1. The van der Waals surface area contributed by atoms with Crippen LogP contribution in [0.15, 0.2) is 0 Å². The number of piperidine rings is 1. The topological polar surface area (TPSA) is 69.6 Å². The lowest BCUT2D eigenvalue weighted by molar-refractivity contribution is -0.117. The molecule has 0 bridgehead atoms. The van der Waals surface area contributed by atoms with Gasteiger partial charge in [-0.05, 0) is 32.6 Å². The first-order valence-corrected chi connectivity index (χ1v) is 9.18. The smallest absolute Gasteiger partial charge is 0.129 e. The standard InChI is InChI=1S/C18H35NO3/c1-15(21)10-8-6-4-2-3-5-7-9-11-16-12-13-18(22)17(14-20)19-16/h16-20,22H,2-14H2,1H3. The minimum atomic E-state index is -0.385. The average molecular weight is 313 g/mol. The summed E-state index contributed by atoms with van der Waals surface area (Å²) in [5.41, 5.74) is 0. The Kier molecular flexibility index (Phi) is 10.7. The second-order valence-electron chi connectivity index (χ2n) is 6.87. The SMILES string of the molecule is CC(=O)CCCCCCCCCCC1CCC(O)C(CO)N1. The molecule has 4 heteroatoms. The molecule has 0 aromatic rings. The molecule has 1 saturated heterocycles. The van der Waals surface area contributed by atoms with Gasteiger partial charge in [-0.2, -0.15) is 0 Å². The predicted octanol–water partition coefficient (Wildman–Crippen LogP) is 2.95. The third-order valence-corrected chi connectivity index (χ3v) is 4.75. The van der Waals surface area contributed by atoms with Gasteiger partial charge in [0.1, 0.15) is 5.78 Å². The molecule has 3 atom stereocenters. The van der Waals surface area contributed by atoms with Gasteiger partial charge in [-0.15, -0.1) is 0 Å². The van der Waals surface area contributed by atoms with Gasteiger partial charge >= 0.3 is 0 Å². The Bertz CT molecular complexity index is 296. The normalized spacial score (nSPS) is 25.3. The highest BCUT2D eigenvalue weighted by molar-refractivity contribution is 5.75. The highest BCUT2D eigenvalue weighted by Crippen LogP contribution is 2.18. The summed E-state index contributed by atoms with van der Waals surface area (Å²) in [7, 11) is 0. The maximum Gasteiger partial charge on any atom is 0.129 e. The zero-order valence-corrected chi connectivity index (χ0v) is 14.2. The van der Waals surface area contributed by atoms with Crippen LogP contribution < -0.4 is 5.32 Å². The van der Waals surface area contributed by atoms with E-state index in [4.69, 9.17) is 0 Å². The van der Waals surface area contributed by atoms with E-state index >= 15 is 0 Å². The maximum atomic E-state index is 10.8. The fourth-order valence-electron chi connectivity index (χ4n) is 3.30. The van der Waals surface area contributed by atoms with Gasteiger partial charge in [-0.1, -0.05) is 44.9 Å². The molecule has 22 heavy (non-hydrogen) atoms. The van der Waals surface area contributed by atoms with E-state index in [-0.39, 0.29) is 18.8 Å². The van der Waals surface area contributed by atoms with Crippen LogP contribution in [0, 0.1) is 0 Å². The van der Waals surface area contributed by atoms with Crippen LogP contribution in [-0.2, 0) is 4.79 Å². The van der Waals surface area contributed by atoms with E-state index < -0.39 is 0 Å². The molecule has 0 aromatic carbocycles. The first kappa shape index (κ1) is 19.6. The first-order chi connectivity index (χ1) is 10.6. The number of Topliss-reactive ketones (excluding diaryl/α,β-unsaturated/α-hetero) is 1. The minimum absolute atomic E-state index is 0.0291. The molecular formula is C18H35NO3. The summed E-state index contributed by atoms with van der Waals surface area (Å²) in [4.78, 5) is 10.8. The molecule has 1 rings (SSSR count). The van der Waals surface area contributed by atoms with Crippen LogP contribution in [0.5, 0.6) is 0 Å². The van der Waals surface area contributed by atoms with Crippen molar-refractivity contribution in [1.29, 1.82) is 0 Å². The zero-order chi connectivity index (χ0) is 16.2. The third-order valence-electron chi connectivity index (χ3n) is 4.75. The summed E-state index contributed by atoms with van der Waals surface area (Å²) in [5, 5.41) is 22.3. The van der Waals surface area contributed by atoms with Crippen LogP contribution in [0.4, 0.5) is 0 Å². The number of ketones is 1. The summed E-state index contributed by atoms with van der Waals surface area (Å²) in [6.07, 6.45) is 13.2. The second kappa shape index (κ2) is 12.0. The summed E-state index contributed by atoms with van der Waals surface area (Å²) in [6, 6.07) is 0.334. The maximum absolute atomic E-state index is 10.8. The van der Waals surface area contributed by atoms with Crippen LogP contribution in [0.3, 0.4) is 0 Å². The van der Waals surface area contributed by atoms with Crippen LogP contribution in [0.25, 0.3) is 0 Å². The zero-order valence-electron chi connectivity index (χ0n) is 14.2. The van der Waals surface area contributed by atoms with Crippen molar-refractivity contribution in [1.82, 2.24) is 5.32 Å². The number of nitrogens with one attached hydrogen (secondary N) is 1. The lowest BCUT2D eigenvalue weighted by Gasteiger charge is -2.34. The molecule has 0 saturated carbocycles. The Hall–Kier alpha value is -0.450. The Morgan fingerprint density at radius 2 is 1.59 bits per heavy atom. The van der Waals surface area contributed by atoms with Gasteiger partial charge < -0.3 is 20.3 Å². The van der Waals surface area contributed by atoms with Crippen molar-refractivity contribution >= 4 is 5.78 Å². The number of rotatable bonds is 12. The van der Waals surface area contributed by atoms with E-state index in [0.717, 1.165) is 32.1 Å². The van der Waals surface area contributed by atoms with Gasteiger partial charge in [-0.25, -0.2) is 0 Å². The number of hydrogen-bond donors (Lipinski definition) is 3. The van der Waals surface area contributed by atoms with Gasteiger partial charge in [0.05, 0.1) is 18.8 Å². The van der Waals surface area contributed by atoms with Crippen molar-refractivity contribution in [2.75, 3.05) is 6.61 Å². The van der Waals surface area contributed by atoms with Gasteiger partial charge in [0.15, 0.2) is 0 Å². The molecule has 1 fully saturated rings. The lowest BCUT2D eigenvalue weighted by Crippen LogP contribution is -2.52. The fourth-order valence-corrected chi connectivity index (χ4v) is 3.30. The van der Waals surface area contributed by atoms with Crippen molar-refractivity contribution in [3.05, 3.63) is 0 Å². The van der Waals surface area contributed by atoms with Crippen LogP contribution in [0.2, 0.25) is 0 Å². The average Bonchev–Trinajstić information content (AvgIpc) is 2.50. The molecule has 3 unspecified atom stereocenters. The minimum Gasteiger partial charge on any atom is -0.395 e. The highest BCUT2D eigenvalue weighted by atomic mass is 16.3. The first-order valence-electron chi connectivity index (χ1n) is 9.18. The molecule has 1 heterocycles. The van der Waals surface area contributed by atoms with E-state index in [9.17, 15) is 15.0 Å². The molecular weight excluding hydrogens is 278 g/mol. The quantitative estimate of drug-likeness (QED) is 0.485. The molecule has 0 aromatic heterocycles. The summed E-state index contributed by atoms with van der Waals surface area (Å²) in [5.74, 6) is 0.312. The molecule has 130 valence electrons. The summed E-state index contributed by atoms with van der Waals surface area (Å²) >= 11 is 0. The molecule has 0 amide bonds. The Labute approximate surface area is 135 Å². The fraction of sp³-hybridized carbons (Fsp3) is 0.944. The third kappa shape index (κ3) is 8.86. The van der Waals surface area contributed by atoms with Crippen LogP contribution >= 0.6 is 0 Å². The van der Waals surface area contributed by atoms with Gasteiger partial charge in [-0.3, -0.25) is 0 Å². The van der Waals surface area contributed by atoms with E-state index in [1.165, 1.54) is 44.9 Å². The van der Waals surface area contributed by atoms with Crippen LogP contribution in [-0.4, -0.2) is 40.8 Å². The number of aliphatic hydroxyl groups excluding tert-OH is 2. The molecule has 3 N–H and O–H groups in total. The Morgan fingerprint density at radius 1 is 1.00 bits per heavy atom. The predicted molar refractivity (Wildman–Crippen MR) is 89.9 cm³/mol. The van der Waals surface area contributed by atoms with Gasteiger partial charge in [0.25, 0.3) is 0 Å². The summed E-state index contributed by atoms with van der Waals surface area (Å²) < 4.78 is 0. The largest absolute Gasteiger partial charge is 0.395 e. The van der Waals surface area contributed by atoms with Gasteiger partial charge in [0, 0.05) is 12.5 Å².